The number of anilines is 3. The summed E-state index contributed by atoms with van der Waals surface area (Å²) in [5, 5.41) is 3.46. The first-order valence-electron chi connectivity index (χ1n) is 10.8. The molecule has 6 nitrogen and oxygen atoms in total. The predicted octanol–water partition coefficient (Wildman–Crippen LogP) is 4.75. The van der Waals surface area contributed by atoms with Gasteiger partial charge < -0.3 is 19.5 Å². The maximum absolute atomic E-state index is 6.16. The van der Waals surface area contributed by atoms with E-state index < -0.39 is 0 Å². The minimum atomic E-state index is 0.411. The molecule has 1 saturated heterocycles. The van der Waals surface area contributed by atoms with Crippen LogP contribution >= 0.6 is 0 Å². The van der Waals surface area contributed by atoms with Crippen LogP contribution in [-0.4, -0.2) is 36.1 Å². The standard InChI is InChI=1S/C25H27N5O/c1-29(21-10-14-26-15-11-21)20-8-6-19(7-9-20)18-30(22-12-16-27-17-13-22)25-28-23-4-2-3-5-24(23)31-25/h2-11,14-15,22,27H,12-13,16-18H2,1H3. The molecule has 1 aliphatic rings. The Morgan fingerprint density at radius 1 is 0.935 bits per heavy atom. The molecule has 2 aromatic heterocycles. The number of rotatable bonds is 6. The van der Waals surface area contributed by atoms with Gasteiger partial charge in [0.25, 0.3) is 6.01 Å². The molecule has 1 fully saturated rings. The van der Waals surface area contributed by atoms with Crippen molar-refractivity contribution in [2.45, 2.75) is 25.4 Å². The van der Waals surface area contributed by atoms with Crippen molar-refractivity contribution in [3.05, 3.63) is 78.6 Å². The van der Waals surface area contributed by atoms with Crippen molar-refractivity contribution in [1.82, 2.24) is 15.3 Å². The number of hydrogen-bond donors (Lipinski definition) is 1. The molecule has 31 heavy (non-hydrogen) atoms. The van der Waals surface area contributed by atoms with Crippen LogP contribution in [0.5, 0.6) is 0 Å². The lowest BCUT2D eigenvalue weighted by atomic mass is 10.0. The minimum absolute atomic E-state index is 0.411. The quantitative estimate of drug-likeness (QED) is 0.492. The SMILES string of the molecule is CN(c1ccncc1)c1ccc(CN(c2nc3ccccc3o2)C2CCNCC2)cc1. The predicted molar refractivity (Wildman–Crippen MR) is 125 cm³/mol. The summed E-state index contributed by atoms with van der Waals surface area (Å²) >= 11 is 0. The Morgan fingerprint density at radius 3 is 2.39 bits per heavy atom. The Hall–Kier alpha value is -3.38. The van der Waals surface area contributed by atoms with Gasteiger partial charge in [-0.15, -0.1) is 0 Å². The Kier molecular flexibility index (Phi) is 5.54. The average Bonchev–Trinajstić information content (AvgIpc) is 3.27. The molecule has 4 aromatic rings. The van der Waals surface area contributed by atoms with Crippen LogP contribution in [0.3, 0.4) is 0 Å². The molecule has 0 saturated carbocycles. The number of para-hydroxylation sites is 2. The van der Waals surface area contributed by atoms with Crippen LogP contribution in [-0.2, 0) is 6.54 Å². The number of fused-ring (bicyclic) bond motifs is 1. The zero-order chi connectivity index (χ0) is 21.0. The molecule has 6 heteroatoms. The second kappa shape index (κ2) is 8.78. The normalized spacial score (nSPS) is 14.6. The number of benzene rings is 2. The first kappa shape index (κ1) is 19.6. The van der Waals surface area contributed by atoms with Crippen molar-refractivity contribution in [2.75, 3.05) is 29.9 Å². The van der Waals surface area contributed by atoms with Crippen LogP contribution in [0.25, 0.3) is 11.1 Å². The van der Waals surface area contributed by atoms with E-state index in [1.165, 1.54) is 5.56 Å². The fourth-order valence-corrected chi connectivity index (χ4v) is 4.19. The van der Waals surface area contributed by atoms with E-state index >= 15 is 0 Å². The highest BCUT2D eigenvalue weighted by Gasteiger charge is 2.25. The lowest BCUT2D eigenvalue weighted by Crippen LogP contribution is -2.43. The average molecular weight is 414 g/mol. The van der Waals surface area contributed by atoms with Gasteiger partial charge in [0.05, 0.1) is 0 Å². The van der Waals surface area contributed by atoms with Crippen LogP contribution in [0.4, 0.5) is 17.4 Å². The molecule has 0 radical (unpaired) electrons. The zero-order valence-corrected chi connectivity index (χ0v) is 17.7. The highest BCUT2D eigenvalue weighted by molar-refractivity contribution is 5.74. The smallest absolute Gasteiger partial charge is 0.298 e. The Balaban J connectivity index is 1.39. The van der Waals surface area contributed by atoms with Gasteiger partial charge in [0.1, 0.15) is 5.52 Å². The molecule has 0 amide bonds. The van der Waals surface area contributed by atoms with E-state index in [4.69, 9.17) is 9.40 Å². The number of nitrogens with zero attached hydrogens (tertiary/aromatic N) is 4. The summed E-state index contributed by atoms with van der Waals surface area (Å²) in [4.78, 5) is 13.4. The molecule has 0 atom stereocenters. The van der Waals surface area contributed by atoms with E-state index in [1.807, 2.05) is 48.8 Å². The zero-order valence-electron chi connectivity index (χ0n) is 17.7. The van der Waals surface area contributed by atoms with Gasteiger partial charge in [-0.2, -0.15) is 4.98 Å². The van der Waals surface area contributed by atoms with Gasteiger partial charge in [0, 0.05) is 43.4 Å². The second-order valence-corrected chi connectivity index (χ2v) is 8.00. The first-order valence-corrected chi connectivity index (χ1v) is 10.8. The molecular formula is C25H27N5O. The van der Waals surface area contributed by atoms with Gasteiger partial charge in [0.2, 0.25) is 0 Å². The molecule has 158 valence electrons. The number of oxazole rings is 1. The van der Waals surface area contributed by atoms with E-state index in [0.29, 0.717) is 12.1 Å². The van der Waals surface area contributed by atoms with Gasteiger partial charge in [-0.1, -0.05) is 24.3 Å². The van der Waals surface area contributed by atoms with Crippen molar-refractivity contribution in [3.63, 3.8) is 0 Å². The van der Waals surface area contributed by atoms with Crippen LogP contribution in [0.2, 0.25) is 0 Å². The number of piperidine rings is 1. The third kappa shape index (κ3) is 4.25. The van der Waals surface area contributed by atoms with Crippen LogP contribution in [0, 0.1) is 0 Å². The summed E-state index contributed by atoms with van der Waals surface area (Å²) in [6.45, 7) is 2.82. The summed E-state index contributed by atoms with van der Waals surface area (Å²) in [7, 11) is 2.07. The van der Waals surface area contributed by atoms with Crippen LogP contribution in [0.15, 0.2) is 77.5 Å². The molecule has 1 N–H and O–H groups in total. The van der Waals surface area contributed by atoms with E-state index in [1.54, 1.807) is 0 Å². The number of pyridine rings is 1. The van der Waals surface area contributed by atoms with Crippen molar-refractivity contribution in [1.29, 1.82) is 0 Å². The van der Waals surface area contributed by atoms with Gasteiger partial charge in [-0.05, 0) is 67.9 Å². The van der Waals surface area contributed by atoms with Crippen molar-refractivity contribution >= 4 is 28.5 Å². The van der Waals surface area contributed by atoms with E-state index in [-0.39, 0.29) is 0 Å². The maximum atomic E-state index is 6.16. The largest absolute Gasteiger partial charge is 0.423 e. The third-order valence-corrected chi connectivity index (χ3v) is 6.00. The highest BCUT2D eigenvalue weighted by atomic mass is 16.4. The lowest BCUT2D eigenvalue weighted by molar-refractivity contribution is 0.405. The number of nitrogens with one attached hydrogen (secondary N) is 1. The molecule has 1 aliphatic heterocycles. The minimum Gasteiger partial charge on any atom is -0.423 e. The van der Waals surface area contributed by atoms with E-state index in [9.17, 15) is 0 Å². The Morgan fingerprint density at radius 2 is 1.65 bits per heavy atom. The van der Waals surface area contributed by atoms with Gasteiger partial charge in [-0.25, -0.2) is 0 Å². The molecule has 5 rings (SSSR count). The summed E-state index contributed by atoms with van der Waals surface area (Å²) in [6, 6.07) is 21.9. The fraction of sp³-hybridized carbons (Fsp3) is 0.280. The van der Waals surface area contributed by atoms with Crippen molar-refractivity contribution in [2.24, 2.45) is 0 Å². The van der Waals surface area contributed by atoms with Gasteiger partial charge >= 0.3 is 0 Å². The lowest BCUT2D eigenvalue weighted by Gasteiger charge is -2.33. The summed E-state index contributed by atoms with van der Waals surface area (Å²) in [6.07, 6.45) is 5.80. The summed E-state index contributed by atoms with van der Waals surface area (Å²) in [5.74, 6) is 0. The van der Waals surface area contributed by atoms with E-state index in [0.717, 1.165) is 55.0 Å². The Labute approximate surface area is 182 Å². The molecule has 0 spiro atoms. The fourth-order valence-electron chi connectivity index (χ4n) is 4.19. The molecular weight excluding hydrogens is 386 g/mol. The molecule has 0 bridgehead atoms. The monoisotopic (exact) mass is 413 g/mol. The van der Waals surface area contributed by atoms with Gasteiger partial charge in [-0.3, -0.25) is 4.98 Å². The first-order chi connectivity index (χ1) is 15.3. The topological polar surface area (TPSA) is 57.4 Å². The number of aromatic nitrogens is 2. The van der Waals surface area contributed by atoms with Crippen molar-refractivity contribution < 1.29 is 4.42 Å². The third-order valence-electron chi connectivity index (χ3n) is 6.00. The summed E-state index contributed by atoms with van der Waals surface area (Å²) in [5.41, 5.74) is 5.25. The van der Waals surface area contributed by atoms with Crippen LogP contribution < -0.4 is 15.1 Å². The summed E-state index contributed by atoms with van der Waals surface area (Å²) < 4.78 is 6.16. The number of hydrogen-bond acceptors (Lipinski definition) is 6. The Bertz CT molecular complexity index is 1090. The van der Waals surface area contributed by atoms with E-state index in [2.05, 4.69) is 51.4 Å². The second-order valence-electron chi connectivity index (χ2n) is 8.00. The molecule has 3 heterocycles. The molecule has 0 unspecified atom stereocenters. The van der Waals surface area contributed by atoms with Crippen LogP contribution in [0.1, 0.15) is 18.4 Å². The molecule has 0 aliphatic carbocycles. The highest BCUT2D eigenvalue weighted by Crippen LogP contribution is 2.29. The maximum Gasteiger partial charge on any atom is 0.298 e. The molecule has 2 aromatic carbocycles. The van der Waals surface area contributed by atoms with Gasteiger partial charge in [0.15, 0.2) is 5.58 Å². The van der Waals surface area contributed by atoms with Crippen molar-refractivity contribution in [3.8, 4) is 0 Å².